The van der Waals surface area contributed by atoms with Crippen molar-refractivity contribution in [2.45, 2.75) is 32.7 Å². The zero-order chi connectivity index (χ0) is 16.1. The summed E-state index contributed by atoms with van der Waals surface area (Å²) in [5.41, 5.74) is 4.17. The Morgan fingerprint density at radius 2 is 1.67 bits per heavy atom. The Hall–Kier alpha value is -1.83. The second-order valence-electron chi connectivity index (χ2n) is 6.34. The van der Waals surface area contributed by atoms with Crippen LogP contribution in [0.5, 0.6) is 0 Å². The van der Waals surface area contributed by atoms with Gasteiger partial charge >= 0.3 is 0 Å². The Labute approximate surface area is 151 Å². The molecule has 2 heteroatoms. The van der Waals surface area contributed by atoms with Crippen LogP contribution in [-0.4, -0.2) is 6.54 Å². The Balaban J connectivity index is 0.00000208. The first kappa shape index (κ1) is 18.5. The third-order valence-electron chi connectivity index (χ3n) is 4.47. The van der Waals surface area contributed by atoms with E-state index in [4.69, 9.17) is 0 Å². The summed E-state index contributed by atoms with van der Waals surface area (Å²) in [6.07, 6.45) is 2.30. The molecule has 0 unspecified atom stereocenters. The van der Waals surface area contributed by atoms with Crippen LogP contribution < -0.4 is 5.32 Å². The Bertz CT molecular complexity index is 776. The van der Waals surface area contributed by atoms with Crippen LogP contribution >= 0.6 is 12.4 Å². The molecule has 0 spiro atoms. The van der Waals surface area contributed by atoms with Crippen LogP contribution in [0, 0.1) is 6.92 Å². The molecule has 0 aliphatic heterocycles. The van der Waals surface area contributed by atoms with E-state index in [1.807, 2.05) is 0 Å². The minimum Gasteiger partial charge on any atom is -0.310 e. The maximum Gasteiger partial charge on any atom is 0.0297 e. The van der Waals surface area contributed by atoms with Crippen LogP contribution in [0.1, 0.15) is 36.1 Å². The molecule has 0 bridgehead atoms. The summed E-state index contributed by atoms with van der Waals surface area (Å²) in [4.78, 5) is 0. The summed E-state index contributed by atoms with van der Waals surface area (Å²) in [6.45, 7) is 5.46. The normalized spacial score (nSPS) is 11.9. The zero-order valence-corrected chi connectivity index (χ0v) is 15.3. The predicted molar refractivity (Wildman–Crippen MR) is 107 cm³/mol. The molecule has 1 nitrogen and oxygen atoms in total. The first-order valence-electron chi connectivity index (χ1n) is 8.50. The van der Waals surface area contributed by atoms with Gasteiger partial charge in [0.2, 0.25) is 0 Å². The number of hydrogen-bond donors (Lipinski definition) is 1. The van der Waals surface area contributed by atoms with E-state index in [2.05, 4.69) is 85.9 Å². The van der Waals surface area contributed by atoms with Crippen LogP contribution in [0.2, 0.25) is 0 Å². The lowest BCUT2D eigenvalue weighted by Gasteiger charge is -2.16. The highest BCUT2D eigenvalue weighted by molar-refractivity contribution is 5.86. The van der Waals surface area contributed by atoms with Crippen molar-refractivity contribution in [2.24, 2.45) is 0 Å². The van der Waals surface area contributed by atoms with Crippen LogP contribution in [-0.2, 0) is 6.42 Å². The standard InChI is InChI=1S/C22H25N.ClH/c1-17-8-5-9-19(16-17)10-7-15-23-18(2)21-14-6-12-20-11-3-4-13-22(20)21;/h3-6,8-9,11-14,16,18,23H,7,10,15H2,1-2H3;1H/t18-;/m1./s1. The molecule has 3 aromatic carbocycles. The number of halogens is 1. The summed E-state index contributed by atoms with van der Waals surface area (Å²) in [5, 5.41) is 6.35. The number of fused-ring (bicyclic) bond motifs is 1. The smallest absolute Gasteiger partial charge is 0.0297 e. The fraction of sp³-hybridized carbons (Fsp3) is 0.273. The van der Waals surface area contributed by atoms with Crippen molar-refractivity contribution in [3.05, 3.63) is 83.4 Å². The van der Waals surface area contributed by atoms with Crippen molar-refractivity contribution in [2.75, 3.05) is 6.54 Å². The highest BCUT2D eigenvalue weighted by atomic mass is 35.5. The van der Waals surface area contributed by atoms with Gasteiger partial charge in [0.25, 0.3) is 0 Å². The lowest BCUT2D eigenvalue weighted by molar-refractivity contribution is 0.561. The monoisotopic (exact) mass is 339 g/mol. The van der Waals surface area contributed by atoms with E-state index in [1.54, 1.807) is 0 Å². The third kappa shape index (κ3) is 4.59. The first-order chi connectivity index (χ1) is 11.2. The van der Waals surface area contributed by atoms with Crippen molar-refractivity contribution >= 4 is 23.2 Å². The average molecular weight is 340 g/mol. The van der Waals surface area contributed by atoms with Gasteiger partial charge in [0.15, 0.2) is 0 Å². The van der Waals surface area contributed by atoms with Gasteiger partial charge in [-0.15, -0.1) is 12.4 Å². The van der Waals surface area contributed by atoms with Gasteiger partial charge in [0, 0.05) is 6.04 Å². The summed E-state index contributed by atoms with van der Waals surface area (Å²) in [5.74, 6) is 0. The lowest BCUT2D eigenvalue weighted by Crippen LogP contribution is -2.20. The minimum absolute atomic E-state index is 0. The molecule has 0 saturated heterocycles. The molecule has 3 aromatic rings. The van der Waals surface area contributed by atoms with E-state index in [0.29, 0.717) is 6.04 Å². The molecule has 0 heterocycles. The van der Waals surface area contributed by atoms with E-state index in [0.717, 1.165) is 13.0 Å². The van der Waals surface area contributed by atoms with Crippen LogP contribution in [0.3, 0.4) is 0 Å². The van der Waals surface area contributed by atoms with Crippen LogP contribution in [0.15, 0.2) is 66.7 Å². The molecule has 0 radical (unpaired) electrons. The van der Waals surface area contributed by atoms with E-state index in [9.17, 15) is 0 Å². The molecule has 0 fully saturated rings. The molecule has 0 aliphatic rings. The van der Waals surface area contributed by atoms with Gasteiger partial charge < -0.3 is 5.32 Å². The van der Waals surface area contributed by atoms with Crippen LogP contribution in [0.4, 0.5) is 0 Å². The maximum atomic E-state index is 3.68. The Morgan fingerprint density at radius 3 is 2.50 bits per heavy atom. The third-order valence-corrected chi connectivity index (χ3v) is 4.47. The Morgan fingerprint density at radius 1 is 0.917 bits per heavy atom. The molecule has 0 saturated carbocycles. The molecular weight excluding hydrogens is 314 g/mol. The zero-order valence-electron chi connectivity index (χ0n) is 14.5. The van der Waals surface area contributed by atoms with Crippen molar-refractivity contribution in [3.63, 3.8) is 0 Å². The molecule has 0 aromatic heterocycles. The second kappa shape index (κ2) is 8.86. The number of rotatable bonds is 6. The summed E-state index contributed by atoms with van der Waals surface area (Å²) < 4.78 is 0. The number of benzene rings is 3. The Kier molecular flexibility index (Phi) is 6.84. The van der Waals surface area contributed by atoms with Gasteiger partial charge in [-0.2, -0.15) is 0 Å². The maximum absolute atomic E-state index is 3.68. The van der Waals surface area contributed by atoms with Crippen molar-refractivity contribution < 1.29 is 0 Å². The molecule has 126 valence electrons. The summed E-state index contributed by atoms with van der Waals surface area (Å²) >= 11 is 0. The van der Waals surface area contributed by atoms with E-state index < -0.39 is 0 Å². The minimum atomic E-state index is 0. The van der Waals surface area contributed by atoms with Gasteiger partial charge in [0.05, 0.1) is 0 Å². The van der Waals surface area contributed by atoms with Gasteiger partial charge in [-0.25, -0.2) is 0 Å². The topological polar surface area (TPSA) is 12.0 Å². The molecule has 1 N–H and O–H groups in total. The molecule has 1 atom stereocenters. The average Bonchev–Trinajstić information content (AvgIpc) is 2.58. The molecule has 0 amide bonds. The molecule has 0 aliphatic carbocycles. The van der Waals surface area contributed by atoms with Gasteiger partial charge in [-0.1, -0.05) is 72.3 Å². The fourth-order valence-electron chi connectivity index (χ4n) is 3.22. The SMILES string of the molecule is Cc1cccc(CCCN[C@H](C)c2cccc3ccccc23)c1.Cl. The van der Waals surface area contributed by atoms with Crippen molar-refractivity contribution in [1.29, 1.82) is 0 Å². The van der Waals surface area contributed by atoms with E-state index in [-0.39, 0.29) is 12.4 Å². The van der Waals surface area contributed by atoms with Gasteiger partial charge in [0.1, 0.15) is 0 Å². The molecule has 24 heavy (non-hydrogen) atoms. The highest BCUT2D eigenvalue weighted by Gasteiger charge is 2.08. The highest BCUT2D eigenvalue weighted by Crippen LogP contribution is 2.23. The fourth-order valence-corrected chi connectivity index (χ4v) is 3.22. The molecule has 3 rings (SSSR count). The van der Waals surface area contributed by atoms with E-state index in [1.165, 1.54) is 33.9 Å². The summed E-state index contributed by atoms with van der Waals surface area (Å²) in [6, 6.07) is 24.4. The van der Waals surface area contributed by atoms with E-state index >= 15 is 0 Å². The molecular formula is C22H26ClN. The predicted octanol–water partition coefficient (Wildman–Crippen LogP) is 5.85. The number of aryl methyl sites for hydroxylation is 2. The quantitative estimate of drug-likeness (QED) is 0.555. The largest absolute Gasteiger partial charge is 0.310 e. The second-order valence-corrected chi connectivity index (χ2v) is 6.34. The van der Waals surface area contributed by atoms with Gasteiger partial charge in [-0.3, -0.25) is 0 Å². The van der Waals surface area contributed by atoms with Crippen molar-refractivity contribution in [1.82, 2.24) is 5.32 Å². The summed E-state index contributed by atoms with van der Waals surface area (Å²) in [7, 11) is 0. The van der Waals surface area contributed by atoms with Gasteiger partial charge in [-0.05, 0) is 55.1 Å². The van der Waals surface area contributed by atoms with Crippen molar-refractivity contribution in [3.8, 4) is 0 Å². The lowest BCUT2D eigenvalue weighted by atomic mass is 9.99. The number of nitrogens with one attached hydrogen (secondary N) is 1. The first-order valence-corrected chi connectivity index (χ1v) is 8.50. The number of hydrogen-bond acceptors (Lipinski definition) is 1. The van der Waals surface area contributed by atoms with Crippen LogP contribution in [0.25, 0.3) is 10.8 Å².